The first kappa shape index (κ1) is 28.4. The molecule has 1 heterocycles. The number of fused-ring (bicyclic) bond motifs is 1. The first-order valence-electron chi connectivity index (χ1n) is 13.4. The number of rotatable bonds is 11. The van der Waals surface area contributed by atoms with Crippen molar-refractivity contribution < 1.29 is 23.7 Å². The van der Waals surface area contributed by atoms with Crippen LogP contribution in [0.2, 0.25) is 5.02 Å². The van der Waals surface area contributed by atoms with Gasteiger partial charge in [-0.15, -0.1) is 0 Å². The summed E-state index contributed by atoms with van der Waals surface area (Å²) in [4.78, 5) is 19.8. The predicted octanol–water partition coefficient (Wildman–Crippen LogP) is 7.99. The van der Waals surface area contributed by atoms with E-state index < -0.39 is 5.97 Å². The van der Waals surface area contributed by atoms with Crippen LogP contribution in [0, 0.1) is 6.92 Å². The summed E-state index contributed by atoms with van der Waals surface area (Å²) in [5.41, 5.74) is 7.89. The summed E-state index contributed by atoms with van der Waals surface area (Å²) in [7, 11) is 1.35. The van der Waals surface area contributed by atoms with Crippen LogP contribution in [-0.2, 0) is 20.8 Å². The number of benzene rings is 4. The van der Waals surface area contributed by atoms with Crippen LogP contribution in [-0.4, -0.2) is 42.9 Å². The van der Waals surface area contributed by atoms with Crippen molar-refractivity contribution in [1.29, 1.82) is 0 Å². The number of carbonyl (C=O) groups excluding carboxylic acids is 1. The Kier molecular flexibility index (Phi) is 8.99. The van der Waals surface area contributed by atoms with E-state index in [0.29, 0.717) is 54.3 Å². The zero-order valence-electron chi connectivity index (χ0n) is 23.2. The van der Waals surface area contributed by atoms with Gasteiger partial charge in [-0.3, -0.25) is 0 Å². The minimum atomic E-state index is -0.421. The number of aryl methyl sites for hydroxylation is 1. The fourth-order valence-corrected chi connectivity index (χ4v) is 4.74. The van der Waals surface area contributed by atoms with Crippen LogP contribution >= 0.6 is 11.6 Å². The average molecular weight is 571 g/mol. The predicted molar refractivity (Wildman–Crippen MR) is 161 cm³/mol. The van der Waals surface area contributed by atoms with Crippen molar-refractivity contribution in [2.75, 3.05) is 26.9 Å². The number of halogens is 1. The van der Waals surface area contributed by atoms with Gasteiger partial charge < -0.3 is 23.9 Å². The highest BCUT2D eigenvalue weighted by atomic mass is 35.5. The van der Waals surface area contributed by atoms with Gasteiger partial charge >= 0.3 is 5.97 Å². The molecule has 1 aromatic heterocycles. The van der Waals surface area contributed by atoms with Crippen LogP contribution in [0.4, 0.5) is 0 Å². The number of H-pyrrole nitrogens is 1. The number of hydrogen-bond donors (Lipinski definition) is 1. The summed E-state index contributed by atoms with van der Waals surface area (Å²) >= 11 is 6.68. The summed E-state index contributed by atoms with van der Waals surface area (Å²) in [5.74, 6) is 0.0507. The maximum absolute atomic E-state index is 12.0. The second-order valence-corrected chi connectivity index (χ2v) is 9.89. The highest BCUT2D eigenvalue weighted by Crippen LogP contribution is 2.34. The Labute approximate surface area is 244 Å². The molecule has 0 radical (unpaired) electrons. The molecule has 210 valence electrons. The molecule has 0 spiro atoms. The van der Waals surface area contributed by atoms with E-state index in [9.17, 15) is 4.79 Å². The summed E-state index contributed by atoms with van der Waals surface area (Å²) in [6.07, 6.45) is 0. The van der Waals surface area contributed by atoms with Crippen molar-refractivity contribution in [2.24, 2.45) is 0 Å². The zero-order valence-corrected chi connectivity index (χ0v) is 24.0. The van der Waals surface area contributed by atoms with E-state index in [1.165, 1.54) is 7.11 Å². The van der Waals surface area contributed by atoms with Crippen LogP contribution in [0.15, 0.2) is 78.9 Å². The SMILES string of the molecule is CCOCCOCc1ccc(-c2ccc(-c3cc4nc(Oc5ccc(C)c(C(=O)OC)c5)[nH]c4cc3Cl)cc2)cc1. The molecule has 0 atom stereocenters. The number of aromatic nitrogens is 2. The normalized spacial score (nSPS) is 11.1. The number of imidazole rings is 1. The molecule has 0 saturated carbocycles. The van der Waals surface area contributed by atoms with Crippen LogP contribution in [0.5, 0.6) is 11.8 Å². The second-order valence-electron chi connectivity index (χ2n) is 9.49. The summed E-state index contributed by atoms with van der Waals surface area (Å²) in [6.45, 7) is 6.27. The Morgan fingerprint density at radius 2 is 1.56 bits per heavy atom. The largest absolute Gasteiger partial charge is 0.465 e. The van der Waals surface area contributed by atoms with Gasteiger partial charge in [-0.1, -0.05) is 66.2 Å². The number of nitrogens with zero attached hydrogens (tertiary/aromatic N) is 1. The third-order valence-electron chi connectivity index (χ3n) is 6.71. The molecule has 5 aromatic rings. The van der Waals surface area contributed by atoms with Gasteiger partial charge in [0.15, 0.2) is 0 Å². The Hall–Kier alpha value is -4.17. The van der Waals surface area contributed by atoms with E-state index in [2.05, 4.69) is 58.5 Å². The molecule has 0 saturated heterocycles. The first-order valence-corrected chi connectivity index (χ1v) is 13.7. The maximum atomic E-state index is 12.0. The van der Waals surface area contributed by atoms with Gasteiger partial charge in [-0.25, -0.2) is 4.79 Å². The monoisotopic (exact) mass is 570 g/mol. The molecular weight excluding hydrogens is 540 g/mol. The Morgan fingerprint density at radius 3 is 2.27 bits per heavy atom. The average Bonchev–Trinajstić information content (AvgIpc) is 3.38. The van der Waals surface area contributed by atoms with Gasteiger partial charge in [0.25, 0.3) is 6.01 Å². The van der Waals surface area contributed by atoms with Crippen LogP contribution in [0.3, 0.4) is 0 Å². The smallest absolute Gasteiger partial charge is 0.338 e. The molecule has 0 amide bonds. The van der Waals surface area contributed by atoms with Crippen LogP contribution in [0.25, 0.3) is 33.3 Å². The molecule has 0 fully saturated rings. The minimum Gasteiger partial charge on any atom is -0.465 e. The second kappa shape index (κ2) is 13.0. The molecule has 41 heavy (non-hydrogen) atoms. The topological polar surface area (TPSA) is 82.7 Å². The van der Waals surface area contributed by atoms with Gasteiger partial charge in [0, 0.05) is 12.2 Å². The van der Waals surface area contributed by atoms with E-state index in [4.69, 9.17) is 30.5 Å². The fraction of sp³-hybridized carbons (Fsp3) is 0.212. The maximum Gasteiger partial charge on any atom is 0.338 e. The molecule has 0 bridgehead atoms. The van der Waals surface area contributed by atoms with Crippen LogP contribution in [0.1, 0.15) is 28.4 Å². The Balaban J connectivity index is 1.30. The van der Waals surface area contributed by atoms with E-state index in [1.54, 1.807) is 18.2 Å². The number of esters is 1. The number of hydrogen-bond acceptors (Lipinski definition) is 6. The summed E-state index contributed by atoms with van der Waals surface area (Å²) in [5, 5.41) is 0.595. The van der Waals surface area contributed by atoms with Gasteiger partial charge in [0.1, 0.15) is 5.75 Å². The van der Waals surface area contributed by atoms with Crippen molar-refractivity contribution in [3.63, 3.8) is 0 Å². The molecule has 5 rings (SSSR count). The van der Waals surface area contributed by atoms with Crippen molar-refractivity contribution in [3.05, 3.63) is 101 Å². The summed E-state index contributed by atoms with van der Waals surface area (Å²) < 4.78 is 21.7. The van der Waals surface area contributed by atoms with E-state index in [1.807, 2.05) is 26.0 Å². The third kappa shape index (κ3) is 6.77. The minimum absolute atomic E-state index is 0.298. The number of carbonyl (C=O) groups is 1. The molecule has 0 unspecified atom stereocenters. The number of ether oxygens (including phenoxy) is 4. The quantitative estimate of drug-likeness (QED) is 0.128. The van der Waals surface area contributed by atoms with E-state index >= 15 is 0 Å². The highest BCUT2D eigenvalue weighted by Gasteiger charge is 2.14. The van der Waals surface area contributed by atoms with Gasteiger partial charge in [-0.05, 0) is 65.9 Å². The van der Waals surface area contributed by atoms with Gasteiger partial charge in [-0.2, -0.15) is 4.98 Å². The van der Waals surface area contributed by atoms with Crippen molar-refractivity contribution in [2.45, 2.75) is 20.5 Å². The lowest BCUT2D eigenvalue weighted by molar-refractivity contribution is 0.0453. The van der Waals surface area contributed by atoms with Crippen molar-refractivity contribution >= 4 is 28.6 Å². The molecule has 8 heteroatoms. The first-order chi connectivity index (χ1) is 19.9. The van der Waals surface area contributed by atoms with Crippen molar-refractivity contribution in [3.8, 4) is 34.0 Å². The molecule has 1 N–H and O–H groups in total. The Morgan fingerprint density at radius 1 is 0.878 bits per heavy atom. The summed E-state index contributed by atoms with van der Waals surface area (Å²) in [6, 6.07) is 25.9. The molecule has 0 aliphatic rings. The van der Waals surface area contributed by atoms with Gasteiger partial charge in [0.05, 0.1) is 48.5 Å². The van der Waals surface area contributed by atoms with E-state index in [0.717, 1.165) is 38.9 Å². The van der Waals surface area contributed by atoms with Crippen LogP contribution < -0.4 is 4.74 Å². The lowest BCUT2D eigenvalue weighted by Gasteiger charge is -2.08. The lowest BCUT2D eigenvalue weighted by Crippen LogP contribution is -2.04. The third-order valence-corrected chi connectivity index (χ3v) is 7.02. The number of nitrogens with one attached hydrogen (secondary N) is 1. The van der Waals surface area contributed by atoms with Gasteiger partial charge in [0.2, 0.25) is 0 Å². The lowest BCUT2D eigenvalue weighted by atomic mass is 9.99. The molecule has 0 aliphatic carbocycles. The molecule has 0 aliphatic heterocycles. The molecule has 7 nitrogen and oxygen atoms in total. The zero-order chi connectivity index (χ0) is 28.8. The molecular formula is C33H31ClN2O5. The van der Waals surface area contributed by atoms with E-state index in [-0.39, 0.29) is 0 Å². The Bertz CT molecular complexity index is 1650. The fourth-order valence-electron chi connectivity index (χ4n) is 4.47. The highest BCUT2D eigenvalue weighted by molar-refractivity contribution is 6.34. The van der Waals surface area contributed by atoms with Crippen molar-refractivity contribution in [1.82, 2.24) is 9.97 Å². The standard InChI is InChI=1S/C33H31ClN2O5/c1-4-39-15-16-40-20-22-6-8-23(9-7-22)24-10-12-25(13-11-24)28-18-30-31(19-29(28)34)36-33(35-30)41-26-14-5-21(2)27(17-26)32(37)38-3/h5-14,17-19H,4,15-16,20H2,1-3H3,(H,35,36). The molecule has 4 aromatic carbocycles. The number of methoxy groups -OCH3 is 1. The number of aromatic amines is 1.